The van der Waals surface area contributed by atoms with E-state index in [1.807, 2.05) is 0 Å². The number of imidazole rings is 1. The van der Waals surface area contributed by atoms with Gasteiger partial charge in [-0.25, -0.2) is 9.13 Å². The molecule has 0 amide bonds. The smallest absolute Gasteiger partial charge is 0.246 e. The summed E-state index contributed by atoms with van der Waals surface area (Å²) < 4.78 is 10.9. The van der Waals surface area contributed by atoms with Crippen LogP contribution >= 0.6 is 0 Å². The van der Waals surface area contributed by atoms with Crippen molar-refractivity contribution in [1.29, 1.82) is 0 Å². The lowest BCUT2D eigenvalue weighted by molar-refractivity contribution is -0.663. The molecule has 0 spiro atoms. The maximum absolute atomic E-state index is 6.33. The molecule has 0 saturated heterocycles. The Hall–Kier alpha value is -2.13. The summed E-state index contributed by atoms with van der Waals surface area (Å²) in [4.78, 5) is 0. The molecule has 0 N–H and O–H groups in total. The molecule has 1 aromatic heterocycles. The van der Waals surface area contributed by atoms with Crippen molar-refractivity contribution in [3.05, 3.63) is 66.5 Å². The summed E-state index contributed by atoms with van der Waals surface area (Å²) in [5.41, 5.74) is 3.83. The van der Waals surface area contributed by atoms with Crippen LogP contribution in [0.1, 0.15) is 50.5 Å². The summed E-state index contributed by atoms with van der Waals surface area (Å²) in [6, 6.07) is 19.3. The number of benzene rings is 2. The number of ether oxygens (including phenoxy) is 1. The zero-order valence-corrected chi connectivity index (χ0v) is 15.5. The van der Waals surface area contributed by atoms with Gasteiger partial charge in [-0.2, -0.15) is 0 Å². The molecular weight excluding hydrogens is 320 g/mol. The highest BCUT2D eigenvalue weighted by Gasteiger charge is 2.18. The van der Waals surface area contributed by atoms with E-state index in [-0.39, 0.29) is 0 Å². The van der Waals surface area contributed by atoms with Gasteiger partial charge in [0.2, 0.25) is 6.33 Å². The number of para-hydroxylation sites is 2. The van der Waals surface area contributed by atoms with Gasteiger partial charge in [0.25, 0.3) is 0 Å². The van der Waals surface area contributed by atoms with E-state index in [2.05, 4.69) is 70.1 Å². The van der Waals surface area contributed by atoms with Crippen LogP contribution in [0.2, 0.25) is 0 Å². The summed E-state index contributed by atoms with van der Waals surface area (Å²) >= 11 is 0. The van der Waals surface area contributed by atoms with Crippen molar-refractivity contribution >= 4 is 11.0 Å². The molecule has 4 rings (SSSR count). The van der Waals surface area contributed by atoms with Crippen molar-refractivity contribution in [2.75, 3.05) is 0 Å². The van der Waals surface area contributed by atoms with Crippen LogP contribution in [0.25, 0.3) is 11.0 Å². The monoisotopic (exact) mass is 349 g/mol. The molecule has 136 valence electrons. The average Bonchev–Trinajstić information content (AvgIpc) is 3.00. The van der Waals surface area contributed by atoms with Crippen molar-refractivity contribution in [1.82, 2.24) is 4.57 Å². The fraction of sp³-hybridized carbons (Fsp3) is 0.435. The van der Waals surface area contributed by atoms with E-state index in [1.165, 1.54) is 61.5 Å². The zero-order chi connectivity index (χ0) is 17.6. The van der Waals surface area contributed by atoms with Gasteiger partial charge in [0, 0.05) is 0 Å². The van der Waals surface area contributed by atoms with Crippen LogP contribution in [-0.4, -0.2) is 10.7 Å². The van der Waals surface area contributed by atoms with Gasteiger partial charge in [-0.1, -0.05) is 74.6 Å². The van der Waals surface area contributed by atoms with Crippen LogP contribution in [0.3, 0.4) is 0 Å². The second kappa shape index (κ2) is 8.50. The molecule has 3 aromatic rings. The summed E-state index contributed by atoms with van der Waals surface area (Å²) in [6.45, 7) is 1.53. The number of aromatic nitrogens is 2. The standard InChI is InChI=1S/C23H29N2O/c1-2-7-13-21(14-8-3-1)26-19-25-18-24(17-20-11-5-4-6-12-20)22-15-9-10-16-23(22)25/h4-6,9-12,15-16,18,21H,1-3,7-8,13-14,17,19H2/q+1. The summed E-state index contributed by atoms with van der Waals surface area (Å²) in [7, 11) is 0. The van der Waals surface area contributed by atoms with Crippen LogP contribution in [0.15, 0.2) is 60.9 Å². The molecule has 1 aliphatic carbocycles. The molecule has 0 aliphatic heterocycles. The van der Waals surface area contributed by atoms with Crippen LogP contribution in [0.4, 0.5) is 0 Å². The first-order chi connectivity index (χ1) is 12.9. The maximum Gasteiger partial charge on any atom is 0.246 e. The van der Waals surface area contributed by atoms with Crippen molar-refractivity contribution in [2.24, 2.45) is 0 Å². The molecule has 0 unspecified atom stereocenters. The Morgan fingerprint density at radius 2 is 1.54 bits per heavy atom. The van der Waals surface area contributed by atoms with Gasteiger partial charge in [-0.05, 0) is 30.5 Å². The SMILES string of the molecule is c1ccc(C[n+]2cn(COC3CCCCCCC3)c3ccccc32)cc1. The minimum absolute atomic E-state index is 0.416. The Bertz CT molecular complexity index is 817. The van der Waals surface area contributed by atoms with Gasteiger partial charge in [-0.3, -0.25) is 0 Å². The van der Waals surface area contributed by atoms with E-state index >= 15 is 0 Å². The Balaban J connectivity index is 1.51. The second-order valence-corrected chi connectivity index (χ2v) is 7.45. The minimum Gasteiger partial charge on any atom is -0.338 e. The second-order valence-electron chi connectivity index (χ2n) is 7.45. The molecule has 1 saturated carbocycles. The largest absolute Gasteiger partial charge is 0.338 e. The topological polar surface area (TPSA) is 18.0 Å². The van der Waals surface area contributed by atoms with Crippen LogP contribution in [-0.2, 0) is 18.0 Å². The molecule has 3 nitrogen and oxygen atoms in total. The number of nitrogens with zero attached hydrogens (tertiary/aromatic N) is 2. The van der Waals surface area contributed by atoms with Crippen LogP contribution in [0, 0.1) is 0 Å². The van der Waals surface area contributed by atoms with E-state index in [4.69, 9.17) is 4.74 Å². The first kappa shape index (κ1) is 17.3. The van der Waals surface area contributed by atoms with Crippen molar-refractivity contribution in [3.8, 4) is 0 Å². The molecule has 0 bridgehead atoms. The molecule has 1 heterocycles. The predicted molar refractivity (Wildman–Crippen MR) is 105 cm³/mol. The number of rotatable bonds is 5. The predicted octanol–water partition coefficient (Wildman–Crippen LogP) is 5.06. The molecule has 26 heavy (non-hydrogen) atoms. The molecule has 2 aromatic carbocycles. The lowest BCUT2D eigenvalue weighted by Gasteiger charge is -2.19. The van der Waals surface area contributed by atoms with Crippen LogP contribution in [0.5, 0.6) is 0 Å². The highest BCUT2D eigenvalue weighted by molar-refractivity contribution is 5.71. The van der Waals surface area contributed by atoms with Gasteiger partial charge < -0.3 is 4.74 Å². The molecular formula is C23H29N2O+. The fourth-order valence-corrected chi connectivity index (χ4v) is 4.02. The first-order valence-corrected chi connectivity index (χ1v) is 10.0. The molecule has 3 heteroatoms. The van der Waals surface area contributed by atoms with Gasteiger partial charge in [0.1, 0.15) is 6.54 Å². The van der Waals surface area contributed by atoms with Crippen molar-refractivity contribution in [2.45, 2.75) is 64.3 Å². The normalized spacial score (nSPS) is 16.5. The average molecular weight is 349 g/mol. The summed E-state index contributed by atoms with van der Waals surface area (Å²) in [6.07, 6.45) is 11.8. The van der Waals surface area contributed by atoms with E-state index in [1.54, 1.807) is 0 Å². The Morgan fingerprint density at radius 3 is 2.35 bits per heavy atom. The number of hydrogen-bond acceptors (Lipinski definition) is 1. The Labute approximate surface area is 156 Å². The highest BCUT2D eigenvalue weighted by Crippen LogP contribution is 2.20. The molecule has 0 atom stereocenters. The fourth-order valence-electron chi connectivity index (χ4n) is 4.02. The van der Waals surface area contributed by atoms with Crippen molar-refractivity contribution in [3.63, 3.8) is 0 Å². The third-order valence-electron chi connectivity index (χ3n) is 5.48. The molecule has 1 fully saturated rings. The van der Waals surface area contributed by atoms with E-state index < -0.39 is 0 Å². The van der Waals surface area contributed by atoms with Crippen molar-refractivity contribution < 1.29 is 9.30 Å². The lowest BCUT2D eigenvalue weighted by Crippen LogP contribution is -2.32. The van der Waals surface area contributed by atoms with Gasteiger partial charge in [0.15, 0.2) is 17.8 Å². The van der Waals surface area contributed by atoms with E-state index in [0.29, 0.717) is 12.8 Å². The number of fused-ring (bicyclic) bond motifs is 1. The van der Waals surface area contributed by atoms with E-state index in [9.17, 15) is 0 Å². The maximum atomic E-state index is 6.33. The zero-order valence-electron chi connectivity index (χ0n) is 15.5. The lowest BCUT2D eigenvalue weighted by atomic mass is 9.99. The quantitative estimate of drug-likeness (QED) is 0.589. The van der Waals surface area contributed by atoms with E-state index in [0.717, 1.165) is 6.54 Å². The summed E-state index contributed by atoms with van der Waals surface area (Å²) in [5, 5.41) is 0. The Morgan fingerprint density at radius 1 is 0.846 bits per heavy atom. The number of hydrogen-bond donors (Lipinski definition) is 0. The first-order valence-electron chi connectivity index (χ1n) is 10.0. The molecule has 1 aliphatic rings. The van der Waals surface area contributed by atoms with Gasteiger partial charge in [0.05, 0.1) is 6.10 Å². The van der Waals surface area contributed by atoms with Crippen LogP contribution < -0.4 is 4.57 Å². The van der Waals surface area contributed by atoms with Gasteiger partial charge >= 0.3 is 0 Å². The minimum atomic E-state index is 0.416. The van der Waals surface area contributed by atoms with Gasteiger partial charge in [-0.15, -0.1) is 0 Å². The Kier molecular flexibility index (Phi) is 5.65. The third kappa shape index (κ3) is 4.16. The third-order valence-corrected chi connectivity index (χ3v) is 5.48. The summed E-state index contributed by atoms with van der Waals surface area (Å²) in [5.74, 6) is 0. The highest BCUT2D eigenvalue weighted by atomic mass is 16.5. The molecule has 0 radical (unpaired) electrons.